The predicted molar refractivity (Wildman–Crippen MR) is 132 cm³/mol. The average Bonchev–Trinajstić information content (AvgIpc) is 2.85. The van der Waals surface area contributed by atoms with Crippen LogP contribution >= 0.6 is 0 Å². The lowest BCUT2D eigenvalue weighted by Gasteiger charge is -2.43. The number of carbonyl (C=O) groups excluding carboxylic acids is 2. The number of benzene rings is 2. The number of ether oxygens (including phenoxy) is 1. The number of carbonyl (C=O) groups is 2. The van der Waals surface area contributed by atoms with Crippen LogP contribution in [0.4, 0.5) is 16.2 Å². The van der Waals surface area contributed by atoms with Gasteiger partial charge in [-0.25, -0.2) is 4.79 Å². The molecule has 0 radical (unpaired) electrons. The topological polar surface area (TPSA) is 107 Å². The van der Waals surface area contributed by atoms with E-state index in [1.807, 2.05) is 56.3 Å². The van der Waals surface area contributed by atoms with Crippen LogP contribution in [-0.2, 0) is 15.1 Å². The van der Waals surface area contributed by atoms with Crippen LogP contribution in [0, 0.1) is 18.3 Å². The Morgan fingerprint density at radius 3 is 2.66 bits per heavy atom. The van der Waals surface area contributed by atoms with Crippen molar-refractivity contribution in [1.82, 2.24) is 15.2 Å². The number of fused-ring (bicyclic) bond motifs is 1. The van der Waals surface area contributed by atoms with Gasteiger partial charge in [-0.3, -0.25) is 14.7 Å². The summed E-state index contributed by atoms with van der Waals surface area (Å²) in [4.78, 5) is 32.1. The van der Waals surface area contributed by atoms with Crippen molar-refractivity contribution in [2.75, 3.05) is 18.5 Å². The summed E-state index contributed by atoms with van der Waals surface area (Å²) in [5, 5.41) is 17.1. The molecule has 2 fully saturated rings. The van der Waals surface area contributed by atoms with Crippen LogP contribution in [0.2, 0.25) is 0 Å². The Kier molecular flexibility index (Phi) is 5.87. The zero-order valence-electron chi connectivity index (χ0n) is 19.8. The Hall–Kier alpha value is -3.96. The van der Waals surface area contributed by atoms with Crippen LogP contribution in [0.15, 0.2) is 48.7 Å². The standard InChI is InChI=1S/C27H27N5O3/c1-17-21(27(2)14-25(33)32(26(34)31-27)18-10-12-35-13-11-18)7-5-9-22(17)30-24-16-29-23-8-4-3-6-19(23)20(24)15-28/h3-9,16,18,30H,10-14H2,1-2H3,(H,31,34)/t27-/m0/s1. The number of nitriles is 1. The molecule has 0 aliphatic carbocycles. The number of hydrogen-bond acceptors (Lipinski definition) is 6. The van der Waals surface area contributed by atoms with Crippen LogP contribution in [0.3, 0.4) is 0 Å². The summed E-state index contributed by atoms with van der Waals surface area (Å²) < 4.78 is 5.39. The zero-order chi connectivity index (χ0) is 24.6. The lowest BCUT2D eigenvalue weighted by molar-refractivity contribution is -0.135. The normalized spacial score (nSPS) is 21.0. The predicted octanol–water partition coefficient (Wildman–Crippen LogP) is 4.49. The first-order valence-corrected chi connectivity index (χ1v) is 11.8. The van der Waals surface area contributed by atoms with Crippen molar-refractivity contribution in [3.8, 4) is 6.07 Å². The van der Waals surface area contributed by atoms with Crippen molar-refractivity contribution < 1.29 is 14.3 Å². The minimum atomic E-state index is -0.850. The molecule has 2 aromatic carbocycles. The van der Waals surface area contributed by atoms with Crippen molar-refractivity contribution in [1.29, 1.82) is 5.26 Å². The third-order valence-electron chi connectivity index (χ3n) is 7.02. The maximum atomic E-state index is 13.2. The van der Waals surface area contributed by atoms with Gasteiger partial charge in [0.25, 0.3) is 0 Å². The number of nitrogens with zero attached hydrogens (tertiary/aromatic N) is 3. The smallest absolute Gasteiger partial charge is 0.325 e. The largest absolute Gasteiger partial charge is 0.381 e. The van der Waals surface area contributed by atoms with Gasteiger partial charge in [0.2, 0.25) is 5.91 Å². The van der Waals surface area contributed by atoms with Gasteiger partial charge < -0.3 is 15.4 Å². The molecule has 8 heteroatoms. The number of imide groups is 1. The quantitative estimate of drug-likeness (QED) is 0.583. The fraction of sp³-hybridized carbons (Fsp3) is 0.333. The van der Waals surface area contributed by atoms with Crippen molar-refractivity contribution in [3.63, 3.8) is 0 Å². The minimum Gasteiger partial charge on any atom is -0.381 e. The van der Waals surface area contributed by atoms with Gasteiger partial charge in [0.1, 0.15) is 6.07 Å². The third kappa shape index (κ3) is 4.08. The number of amides is 3. The highest BCUT2D eigenvalue weighted by Crippen LogP contribution is 2.37. The van der Waals surface area contributed by atoms with Crippen molar-refractivity contribution in [2.45, 2.75) is 44.7 Å². The molecule has 0 saturated carbocycles. The lowest BCUT2D eigenvalue weighted by atomic mass is 9.83. The summed E-state index contributed by atoms with van der Waals surface area (Å²) in [6, 6.07) is 15.1. The maximum Gasteiger partial charge on any atom is 0.325 e. The molecular weight excluding hydrogens is 442 g/mol. The van der Waals surface area contributed by atoms with Crippen LogP contribution < -0.4 is 10.6 Å². The van der Waals surface area contributed by atoms with E-state index in [-0.39, 0.29) is 24.4 Å². The summed E-state index contributed by atoms with van der Waals surface area (Å²) in [7, 11) is 0. The van der Waals surface area contributed by atoms with Crippen LogP contribution in [-0.4, -0.2) is 41.1 Å². The van der Waals surface area contributed by atoms with Gasteiger partial charge in [-0.05, 0) is 49.9 Å². The molecule has 1 aromatic heterocycles. The van der Waals surface area contributed by atoms with Crippen LogP contribution in [0.5, 0.6) is 0 Å². The molecule has 2 N–H and O–H groups in total. The maximum absolute atomic E-state index is 13.2. The summed E-state index contributed by atoms with van der Waals surface area (Å²) in [5.41, 5.74) is 3.54. The number of hydrogen-bond donors (Lipinski definition) is 2. The molecule has 2 saturated heterocycles. The van der Waals surface area contributed by atoms with Gasteiger partial charge in [-0.1, -0.05) is 30.3 Å². The van der Waals surface area contributed by atoms with E-state index in [2.05, 4.69) is 21.7 Å². The lowest BCUT2D eigenvalue weighted by Crippen LogP contribution is -2.62. The molecule has 178 valence electrons. The second-order valence-electron chi connectivity index (χ2n) is 9.33. The molecule has 3 heterocycles. The molecule has 5 rings (SSSR count). The first-order valence-electron chi connectivity index (χ1n) is 11.8. The molecule has 0 unspecified atom stereocenters. The SMILES string of the molecule is Cc1c(Nc2cnc3ccccc3c2C#N)cccc1[C@]1(C)CC(=O)N(C2CCOCC2)C(=O)N1. The zero-order valence-corrected chi connectivity index (χ0v) is 19.8. The molecule has 2 aliphatic rings. The van der Waals surface area contributed by atoms with Gasteiger partial charge in [-0.15, -0.1) is 0 Å². The summed E-state index contributed by atoms with van der Waals surface area (Å²) in [6.07, 6.45) is 3.15. The van der Waals surface area contributed by atoms with E-state index in [1.54, 1.807) is 6.20 Å². The van der Waals surface area contributed by atoms with Crippen molar-refractivity contribution in [2.24, 2.45) is 0 Å². The Balaban J connectivity index is 1.45. The molecule has 0 spiro atoms. The summed E-state index contributed by atoms with van der Waals surface area (Å²) in [5.74, 6) is -0.175. The van der Waals surface area contributed by atoms with Gasteiger partial charge in [0.15, 0.2) is 0 Å². The van der Waals surface area contributed by atoms with E-state index in [0.717, 1.165) is 27.7 Å². The molecular formula is C27H27N5O3. The fourth-order valence-electron chi connectivity index (χ4n) is 5.19. The average molecular weight is 470 g/mol. The minimum absolute atomic E-state index is 0.125. The first-order chi connectivity index (χ1) is 16.9. The Morgan fingerprint density at radius 2 is 1.91 bits per heavy atom. The number of urea groups is 1. The van der Waals surface area contributed by atoms with E-state index < -0.39 is 5.54 Å². The van der Waals surface area contributed by atoms with E-state index >= 15 is 0 Å². The Labute approximate surface area is 203 Å². The number of anilines is 2. The molecule has 0 bridgehead atoms. The monoisotopic (exact) mass is 469 g/mol. The van der Waals surface area contributed by atoms with Crippen molar-refractivity contribution in [3.05, 3.63) is 65.4 Å². The molecule has 2 aliphatic heterocycles. The number of aromatic nitrogens is 1. The van der Waals surface area contributed by atoms with Gasteiger partial charge in [0.05, 0.1) is 34.9 Å². The highest BCUT2D eigenvalue weighted by molar-refractivity contribution is 5.99. The van der Waals surface area contributed by atoms with Gasteiger partial charge in [-0.2, -0.15) is 5.26 Å². The van der Waals surface area contributed by atoms with Crippen LogP contribution in [0.1, 0.15) is 42.9 Å². The van der Waals surface area contributed by atoms with Crippen LogP contribution in [0.25, 0.3) is 10.9 Å². The summed E-state index contributed by atoms with van der Waals surface area (Å²) in [6.45, 7) is 4.94. The first kappa shape index (κ1) is 22.8. The van der Waals surface area contributed by atoms with E-state index in [0.29, 0.717) is 37.3 Å². The van der Waals surface area contributed by atoms with Gasteiger partial charge in [0, 0.05) is 30.3 Å². The molecule has 35 heavy (non-hydrogen) atoms. The second kappa shape index (κ2) is 9.01. The van der Waals surface area contributed by atoms with E-state index in [9.17, 15) is 14.9 Å². The number of para-hydroxylation sites is 1. The second-order valence-corrected chi connectivity index (χ2v) is 9.33. The van der Waals surface area contributed by atoms with Crippen molar-refractivity contribution >= 4 is 34.2 Å². The highest BCUT2D eigenvalue weighted by atomic mass is 16.5. The van der Waals surface area contributed by atoms with E-state index in [1.165, 1.54) is 4.90 Å². The third-order valence-corrected chi connectivity index (χ3v) is 7.02. The summed E-state index contributed by atoms with van der Waals surface area (Å²) >= 11 is 0. The fourth-order valence-corrected chi connectivity index (χ4v) is 5.19. The molecule has 3 aromatic rings. The molecule has 8 nitrogen and oxygen atoms in total. The molecule has 1 atom stereocenters. The number of nitrogens with one attached hydrogen (secondary N) is 2. The van der Waals surface area contributed by atoms with E-state index in [4.69, 9.17) is 4.74 Å². The Morgan fingerprint density at radius 1 is 1.14 bits per heavy atom. The number of pyridine rings is 1. The molecule has 3 amide bonds. The highest BCUT2D eigenvalue weighted by Gasteiger charge is 2.44. The number of rotatable bonds is 4. The Bertz CT molecular complexity index is 1340. The van der Waals surface area contributed by atoms with Gasteiger partial charge >= 0.3 is 6.03 Å².